The van der Waals surface area contributed by atoms with Crippen molar-refractivity contribution in [1.29, 1.82) is 0 Å². The average Bonchev–Trinajstić information content (AvgIpc) is 2.85. The SMILES string of the molecule is C#CC(CO)(OC)[C@@H](O)Cn1cnc2c(C)nc(P)nc21. The maximum Gasteiger partial charge on any atom is 0.178 e. The van der Waals surface area contributed by atoms with E-state index in [1.165, 1.54) is 7.11 Å². The van der Waals surface area contributed by atoms with Gasteiger partial charge in [-0.1, -0.05) is 15.2 Å². The molecule has 2 rings (SSSR count). The summed E-state index contributed by atoms with van der Waals surface area (Å²) >= 11 is 0. The molecule has 112 valence electrons. The third-order valence-electron chi connectivity index (χ3n) is 3.41. The van der Waals surface area contributed by atoms with Gasteiger partial charge in [-0.15, -0.1) is 6.42 Å². The van der Waals surface area contributed by atoms with E-state index in [1.807, 2.05) is 6.92 Å². The molecule has 0 saturated heterocycles. The van der Waals surface area contributed by atoms with Crippen LogP contribution in [0.4, 0.5) is 0 Å². The lowest BCUT2D eigenvalue weighted by Crippen LogP contribution is -2.48. The van der Waals surface area contributed by atoms with E-state index in [4.69, 9.17) is 11.2 Å². The van der Waals surface area contributed by atoms with Crippen LogP contribution in [0, 0.1) is 19.3 Å². The monoisotopic (exact) mass is 308 g/mol. The van der Waals surface area contributed by atoms with Crippen molar-refractivity contribution in [1.82, 2.24) is 19.5 Å². The van der Waals surface area contributed by atoms with E-state index < -0.39 is 18.3 Å². The van der Waals surface area contributed by atoms with Gasteiger partial charge in [0.05, 0.1) is 25.2 Å². The molecule has 0 radical (unpaired) electrons. The highest BCUT2D eigenvalue weighted by Crippen LogP contribution is 2.18. The van der Waals surface area contributed by atoms with Gasteiger partial charge in [-0.25, -0.2) is 15.0 Å². The minimum absolute atomic E-state index is 0.0929. The van der Waals surface area contributed by atoms with Gasteiger partial charge in [0, 0.05) is 7.11 Å². The Balaban J connectivity index is 2.39. The fourth-order valence-corrected chi connectivity index (χ4v) is 2.40. The molecule has 3 atom stereocenters. The summed E-state index contributed by atoms with van der Waals surface area (Å²) in [5.41, 5.74) is 1.07. The number of aliphatic hydroxyl groups excluding tert-OH is 2. The van der Waals surface area contributed by atoms with E-state index in [0.29, 0.717) is 16.7 Å². The van der Waals surface area contributed by atoms with Gasteiger partial charge < -0.3 is 19.5 Å². The molecule has 0 aliphatic carbocycles. The Morgan fingerprint density at radius 2 is 2.29 bits per heavy atom. The van der Waals surface area contributed by atoms with Crippen molar-refractivity contribution in [3.63, 3.8) is 0 Å². The summed E-state index contributed by atoms with van der Waals surface area (Å²) in [5.74, 6) is 2.31. The molecule has 0 spiro atoms. The first-order valence-corrected chi connectivity index (χ1v) is 6.82. The summed E-state index contributed by atoms with van der Waals surface area (Å²) in [7, 11) is 3.77. The van der Waals surface area contributed by atoms with Crippen LogP contribution in [-0.4, -0.2) is 55.2 Å². The summed E-state index contributed by atoms with van der Waals surface area (Å²) in [5, 5.41) is 19.7. The number of aliphatic hydroxyl groups is 2. The molecule has 2 N–H and O–H groups in total. The lowest BCUT2D eigenvalue weighted by molar-refractivity contribution is -0.0947. The number of hydrogen-bond donors (Lipinski definition) is 2. The summed E-state index contributed by atoms with van der Waals surface area (Å²) in [4.78, 5) is 12.7. The number of nitrogens with zero attached hydrogens (tertiary/aromatic N) is 4. The Morgan fingerprint density at radius 1 is 1.57 bits per heavy atom. The molecule has 8 heteroatoms. The predicted molar refractivity (Wildman–Crippen MR) is 81.1 cm³/mol. The molecule has 7 nitrogen and oxygen atoms in total. The van der Waals surface area contributed by atoms with Crippen LogP contribution < -0.4 is 5.57 Å². The van der Waals surface area contributed by atoms with E-state index in [9.17, 15) is 10.2 Å². The van der Waals surface area contributed by atoms with Crippen molar-refractivity contribution >= 4 is 26.0 Å². The molecule has 2 unspecified atom stereocenters. The highest BCUT2D eigenvalue weighted by molar-refractivity contribution is 7.26. The molecular weight excluding hydrogens is 291 g/mol. The van der Waals surface area contributed by atoms with Crippen LogP contribution in [0.2, 0.25) is 0 Å². The number of fused-ring (bicyclic) bond motifs is 1. The van der Waals surface area contributed by atoms with Crippen LogP contribution in [0.25, 0.3) is 11.2 Å². The summed E-state index contributed by atoms with van der Waals surface area (Å²) in [6, 6.07) is 0. The fraction of sp³-hybridized carbons (Fsp3) is 0.462. The molecule has 0 aliphatic heterocycles. The first-order chi connectivity index (χ1) is 9.97. The molecular formula is C13H17N4O3P. The Morgan fingerprint density at radius 3 is 2.86 bits per heavy atom. The van der Waals surface area contributed by atoms with Gasteiger partial charge in [0.15, 0.2) is 11.2 Å². The average molecular weight is 308 g/mol. The molecule has 0 bridgehead atoms. The molecule has 21 heavy (non-hydrogen) atoms. The van der Waals surface area contributed by atoms with Crippen LogP contribution in [0.5, 0.6) is 0 Å². The van der Waals surface area contributed by atoms with Crippen molar-refractivity contribution in [2.24, 2.45) is 0 Å². The highest BCUT2D eigenvalue weighted by atomic mass is 31.0. The largest absolute Gasteiger partial charge is 0.392 e. The lowest BCUT2D eigenvalue weighted by atomic mass is 9.98. The third kappa shape index (κ3) is 2.76. The van der Waals surface area contributed by atoms with Crippen LogP contribution in [0.3, 0.4) is 0 Å². The first kappa shape index (κ1) is 15.8. The number of aromatic nitrogens is 4. The molecule has 0 fully saturated rings. The number of terminal acetylenes is 1. The van der Waals surface area contributed by atoms with Crippen molar-refractivity contribution in [3.05, 3.63) is 12.0 Å². The smallest absolute Gasteiger partial charge is 0.178 e. The lowest BCUT2D eigenvalue weighted by Gasteiger charge is -2.30. The molecule has 0 amide bonds. The Labute approximate surface area is 124 Å². The number of methoxy groups -OCH3 is 1. The molecule has 2 aromatic rings. The second-order valence-electron chi connectivity index (χ2n) is 4.65. The normalized spacial score (nSPS) is 15.6. The zero-order valence-electron chi connectivity index (χ0n) is 11.8. The van der Waals surface area contributed by atoms with Gasteiger partial charge in [0.25, 0.3) is 0 Å². The fourth-order valence-electron chi connectivity index (χ4n) is 2.08. The van der Waals surface area contributed by atoms with Gasteiger partial charge in [0.2, 0.25) is 0 Å². The predicted octanol–water partition coefficient (Wildman–Crippen LogP) is -0.993. The summed E-state index contributed by atoms with van der Waals surface area (Å²) < 4.78 is 6.76. The molecule has 0 aliphatic rings. The minimum Gasteiger partial charge on any atom is -0.392 e. The molecule has 2 heterocycles. The van der Waals surface area contributed by atoms with Crippen molar-refractivity contribution < 1.29 is 14.9 Å². The first-order valence-electron chi connectivity index (χ1n) is 6.24. The standard InChI is InChI=1S/C13H17N4O3P/c1-4-13(6-18,20-3)9(19)5-17-7-14-10-8(2)15-12(21)16-11(10)17/h1,7,9,18-19H,5-6,21H2,2-3H3/t9-,13?/m0/s1. The summed E-state index contributed by atoms with van der Waals surface area (Å²) in [6.45, 7) is 1.44. The van der Waals surface area contributed by atoms with Gasteiger partial charge >= 0.3 is 0 Å². The van der Waals surface area contributed by atoms with E-state index in [-0.39, 0.29) is 6.54 Å². The number of ether oxygens (including phenoxy) is 1. The van der Waals surface area contributed by atoms with Gasteiger partial charge in [-0.05, 0) is 6.92 Å². The quantitative estimate of drug-likeness (QED) is 0.544. The number of hydrogen-bond acceptors (Lipinski definition) is 6. The van der Waals surface area contributed by atoms with Crippen LogP contribution in [-0.2, 0) is 11.3 Å². The van der Waals surface area contributed by atoms with E-state index in [1.54, 1.807) is 10.9 Å². The van der Waals surface area contributed by atoms with Crippen LogP contribution in [0.1, 0.15) is 5.69 Å². The molecule has 0 saturated carbocycles. The van der Waals surface area contributed by atoms with Crippen LogP contribution >= 0.6 is 9.24 Å². The van der Waals surface area contributed by atoms with Crippen molar-refractivity contribution in [2.75, 3.05) is 13.7 Å². The maximum atomic E-state index is 10.3. The van der Waals surface area contributed by atoms with E-state index in [2.05, 4.69) is 30.1 Å². The van der Waals surface area contributed by atoms with E-state index in [0.717, 1.165) is 5.69 Å². The summed E-state index contributed by atoms with van der Waals surface area (Å²) in [6.07, 6.45) is 5.81. The topological polar surface area (TPSA) is 93.3 Å². The molecule has 2 aromatic heterocycles. The highest BCUT2D eigenvalue weighted by Gasteiger charge is 2.36. The van der Waals surface area contributed by atoms with Crippen LogP contribution in [0.15, 0.2) is 6.33 Å². The Hall–Kier alpha value is -1.58. The number of rotatable bonds is 5. The van der Waals surface area contributed by atoms with Gasteiger partial charge in [-0.3, -0.25) is 0 Å². The minimum atomic E-state index is -1.46. The van der Waals surface area contributed by atoms with Crippen molar-refractivity contribution in [2.45, 2.75) is 25.2 Å². The number of aryl methyl sites for hydroxylation is 1. The number of imidazole rings is 1. The zero-order chi connectivity index (χ0) is 15.6. The maximum absolute atomic E-state index is 10.3. The Kier molecular flexibility index (Phi) is 4.55. The second kappa shape index (κ2) is 6.04. The van der Waals surface area contributed by atoms with Gasteiger partial charge in [-0.2, -0.15) is 0 Å². The van der Waals surface area contributed by atoms with Crippen molar-refractivity contribution in [3.8, 4) is 12.3 Å². The molecule has 0 aromatic carbocycles. The third-order valence-corrected chi connectivity index (χ3v) is 3.67. The van der Waals surface area contributed by atoms with Gasteiger partial charge in [0.1, 0.15) is 17.2 Å². The second-order valence-corrected chi connectivity index (χ2v) is 5.16. The van der Waals surface area contributed by atoms with E-state index >= 15 is 0 Å². The zero-order valence-corrected chi connectivity index (χ0v) is 13.0. The Bertz CT molecular complexity index is 691.